The number of nitrogens with one attached hydrogen (secondary N) is 1. The molecule has 0 saturated heterocycles. The fraction of sp³-hybridized carbons (Fsp3) is 0.909. The summed E-state index contributed by atoms with van der Waals surface area (Å²) in [5.74, 6) is 0. The number of unbranched alkanes of at least 4 members (excludes halogenated alkanes) is 7. The molecule has 4 heteroatoms. The number of amides is 2. The summed E-state index contributed by atoms with van der Waals surface area (Å²) in [5, 5.41) is 2.59. The van der Waals surface area contributed by atoms with Crippen LogP contribution in [0.3, 0.4) is 0 Å². The Balaban J connectivity index is 2.89. The minimum Gasteiger partial charge on any atom is -0.352 e. The van der Waals surface area contributed by atoms with Gasteiger partial charge in [-0.2, -0.15) is 0 Å². The standard InChI is InChI=1S/C11H25N3O/c12-9-7-5-3-1-2-4-6-8-10-14-11(13)15/h1-10,12H2,(H3,13,14,15). The number of rotatable bonds is 10. The van der Waals surface area contributed by atoms with Gasteiger partial charge in [-0.05, 0) is 19.4 Å². The molecule has 0 aromatic carbocycles. The predicted molar refractivity (Wildman–Crippen MR) is 63.6 cm³/mol. The fourth-order valence-corrected chi connectivity index (χ4v) is 1.54. The molecule has 0 rings (SSSR count). The van der Waals surface area contributed by atoms with Crippen molar-refractivity contribution in [3.8, 4) is 0 Å². The first kappa shape index (κ1) is 14.2. The molecule has 2 amide bonds. The van der Waals surface area contributed by atoms with Crippen LogP contribution in [-0.2, 0) is 0 Å². The summed E-state index contributed by atoms with van der Waals surface area (Å²) in [6, 6.07) is -0.420. The van der Waals surface area contributed by atoms with Gasteiger partial charge in [0.25, 0.3) is 0 Å². The second-order valence-electron chi connectivity index (χ2n) is 3.91. The molecule has 0 heterocycles. The molecule has 0 radical (unpaired) electrons. The number of carbonyl (C=O) groups is 1. The Morgan fingerprint density at radius 2 is 1.33 bits per heavy atom. The summed E-state index contributed by atoms with van der Waals surface area (Å²) in [6.45, 7) is 1.53. The van der Waals surface area contributed by atoms with Crippen LogP contribution in [0.2, 0.25) is 0 Å². The van der Waals surface area contributed by atoms with Crippen molar-refractivity contribution >= 4 is 6.03 Å². The molecule has 90 valence electrons. The maximum absolute atomic E-state index is 10.3. The first-order chi connectivity index (χ1) is 7.27. The van der Waals surface area contributed by atoms with Crippen LogP contribution < -0.4 is 16.8 Å². The van der Waals surface area contributed by atoms with Crippen LogP contribution in [0.1, 0.15) is 51.4 Å². The van der Waals surface area contributed by atoms with Gasteiger partial charge in [0.2, 0.25) is 0 Å². The largest absolute Gasteiger partial charge is 0.352 e. The average Bonchev–Trinajstić information content (AvgIpc) is 2.20. The lowest BCUT2D eigenvalue weighted by atomic mass is 10.1. The van der Waals surface area contributed by atoms with Crippen molar-refractivity contribution < 1.29 is 4.79 Å². The number of hydrogen-bond acceptors (Lipinski definition) is 2. The summed E-state index contributed by atoms with van der Waals surface area (Å²) < 4.78 is 0. The summed E-state index contributed by atoms with van der Waals surface area (Å²) >= 11 is 0. The van der Waals surface area contributed by atoms with Gasteiger partial charge in [-0.15, -0.1) is 0 Å². The van der Waals surface area contributed by atoms with E-state index in [1.165, 1.54) is 38.5 Å². The molecule has 0 unspecified atom stereocenters. The zero-order valence-corrected chi connectivity index (χ0v) is 9.63. The monoisotopic (exact) mass is 215 g/mol. The molecule has 0 aliphatic rings. The molecule has 5 N–H and O–H groups in total. The summed E-state index contributed by atoms with van der Waals surface area (Å²) in [4.78, 5) is 10.3. The van der Waals surface area contributed by atoms with E-state index in [1.807, 2.05) is 0 Å². The van der Waals surface area contributed by atoms with Crippen molar-refractivity contribution in [1.29, 1.82) is 0 Å². The third-order valence-corrected chi connectivity index (χ3v) is 2.43. The zero-order chi connectivity index (χ0) is 11.4. The molecule has 4 nitrogen and oxygen atoms in total. The van der Waals surface area contributed by atoms with E-state index in [0.717, 1.165) is 19.4 Å². The quantitative estimate of drug-likeness (QED) is 0.485. The lowest BCUT2D eigenvalue weighted by molar-refractivity contribution is 0.248. The highest BCUT2D eigenvalue weighted by Crippen LogP contribution is 2.07. The molecule has 0 aliphatic carbocycles. The van der Waals surface area contributed by atoms with Crippen molar-refractivity contribution in [2.45, 2.75) is 51.4 Å². The van der Waals surface area contributed by atoms with Gasteiger partial charge in [-0.1, -0.05) is 38.5 Å². The number of carbonyl (C=O) groups excluding carboxylic acids is 1. The van der Waals surface area contributed by atoms with Gasteiger partial charge < -0.3 is 16.8 Å². The molecule has 0 spiro atoms. The molecule has 15 heavy (non-hydrogen) atoms. The van der Waals surface area contributed by atoms with E-state index in [2.05, 4.69) is 5.32 Å². The van der Waals surface area contributed by atoms with Crippen molar-refractivity contribution in [3.63, 3.8) is 0 Å². The first-order valence-corrected chi connectivity index (χ1v) is 6.00. The summed E-state index contributed by atoms with van der Waals surface area (Å²) in [5.41, 5.74) is 10.3. The van der Waals surface area contributed by atoms with Crippen LogP contribution in [0.5, 0.6) is 0 Å². The second-order valence-corrected chi connectivity index (χ2v) is 3.91. The second kappa shape index (κ2) is 11.3. The molecule has 0 aromatic heterocycles. The minimum atomic E-state index is -0.420. The van der Waals surface area contributed by atoms with E-state index in [1.54, 1.807) is 0 Å². The molecule has 0 atom stereocenters. The van der Waals surface area contributed by atoms with Crippen LogP contribution >= 0.6 is 0 Å². The van der Waals surface area contributed by atoms with Gasteiger partial charge >= 0.3 is 6.03 Å². The summed E-state index contributed by atoms with van der Waals surface area (Å²) in [7, 11) is 0. The van der Waals surface area contributed by atoms with E-state index in [-0.39, 0.29) is 0 Å². The normalized spacial score (nSPS) is 10.2. The van der Waals surface area contributed by atoms with Crippen molar-refractivity contribution in [2.75, 3.05) is 13.1 Å². The Kier molecular flexibility index (Phi) is 10.7. The molecular weight excluding hydrogens is 190 g/mol. The van der Waals surface area contributed by atoms with Gasteiger partial charge in [-0.3, -0.25) is 0 Å². The molecular formula is C11H25N3O. The molecule has 0 fully saturated rings. The van der Waals surface area contributed by atoms with E-state index >= 15 is 0 Å². The number of urea groups is 1. The number of primary amides is 1. The maximum atomic E-state index is 10.3. The Morgan fingerprint density at radius 3 is 1.80 bits per heavy atom. The molecule has 0 aromatic rings. The zero-order valence-electron chi connectivity index (χ0n) is 9.63. The third-order valence-electron chi connectivity index (χ3n) is 2.43. The first-order valence-electron chi connectivity index (χ1n) is 6.00. The van der Waals surface area contributed by atoms with Gasteiger partial charge in [0.1, 0.15) is 0 Å². The van der Waals surface area contributed by atoms with Crippen LogP contribution in [0.4, 0.5) is 4.79 Å². The highest BCUT2D eigenvalue weighted by Gasteiger charge is 1.93. The Hall–Kier alpha value is -0.770. The lowest BCUT2D eigenvalue weighted by Crippen LogP contribution is -2.29. The van der Waals surface area contributed by atoms with Gasteiger partial charge in [0.15, 0.2) is 0 Å². The Morgan fingerprint density at radius 1 is 0.867 bits per heavy atom. The van der Waals surface area contributed by atoms with Gasteiger partial charge in [0.05, 0.1) is 0 Å². The van der Waals surface area contributed by atoms with E-state index in [9.17, 15) is 4.79 Å². The molecule has 0 aliphatic heterocycles. The minimum absolute atomic E-state index is 0.420. The SMILES string of the molecule is NCCCCCCCCCCNC(N)=O. The third kappa shape index (κ3) is 13.2. The predicted octanol–water partition coefficient (Wildman–Crippen LogP) is 1.73. The van der Waals surface area contributed by atoms with Crippen LogP contribution in [0, 0.1) is 0 Å². The van der Waals surface area contributed by atoms with Crippen LogP contribution in [-0.4, -0.2) is 19.1 Å². The molecule has 0 bridgehead atoms. The maximum Gasteiger partial charge on any atom is 0.312 e. The van der Waals surface area contributed by atoms with Crippen LogP contribution in [0.25, 0.3) is 0 Å². The van der Waals surface area contributed by atoms with E-state index in [0.29, 0.717) is 6.54 Å². The van der Waals surface area contributed by atoms with Crippen molar-refractivity contribution in [3.05, 3.63) is 0 Å². The topological polar surface area (TPSA) is 81.1 Å². The highest BCUT2D eigenvalue weighted by molar-refractivity contribution is 5.71. The van der Waals surface area contributed by atoms with Crippen LogP contribution in [0.15, 0.2) is 0 Å². The van der Waals surface area contributed by atoms with E-state index < -0.39 is 6.03 Å². The smallest absolute Gasteiger partial charge is 0.312 e. The fourth-order valence-electron chi connectivity index (χ4n) is 1.54. The number of nitrogens with two attached hydrogens (primary N) is 2. The lowest BCUT2D eigenvalue weighted by Gasteiger charge is -2.02. The molecule has 0 saturated carbocycles. The van der Waals surface area contributed by atoms with Gasteiger partial charge in [0, 0.05) is 6.54 Å². The van der Waals surface area contributed by atoms with E-state index in [4.69, 9.17) is 11.5 Å². The van der Waals surface area contributed by atoms with Crippen molar-refractivity contribution in [2.24, 2.45) is 11.5 Å². The van der Waals surface area contributed by atoms with Gasteiger partial charge in [-0.25, -0.2) is 4.79 Å². The Labute approximate surface area is 92.8 Å². The Bertz CT molecular complexity index is 151. The summed E-state index contributed by atoms with van der Waals surface area (Å²) in [6.07, 6.45) is 9.79. The van der Waals surface area contributed by atoms with Crippen molar-refractivity contribution in [1.82, 2.24) is 5.32 Å². The number of hydrogen-bond donors (Lipinski definition) is 3. The average molecular weight is 215 g/mol. The highest BCUT2D eigenvalue weighted by atomic mass is 16.2.